The Morgan fingerprint density at radius 3 is 3.04 bits per heavy atom. The van der Waals surface area contributed by atoms with Crippen molar-refractivity contribution in [2.24, 2.45) is 5.41 Å². The number of nitrogens with one attached hydrogen (secondary N) is 1. The number of piperidine rings is 1. The van der Waals surface area contributed by atoms with E-state index < -0.39 is 0 Å². The first-order valence-corrected chi connectivity index (χ1v) is 9.18. The molecule has 2 saturated heterocycles. The van der Waals surface area contributed by atoms with Gasteiger partial charge in [0.15, 0.2) is 0 Å². The van der Waals surface area contributed by atoms with Gasteiger partial charge in [0.05, 0.1) is 18.2 Å². The number of methoxy groups -OCH3 is 1. The number of carbonyl (C=O) groups excluding carboxylic acids is 2. The summed E-state index contributed by atoms with van der Waals surface area (Å²) >= 11 is 0. The quantitative estimate of drug-likeness (QED) is 0.804. The van der Waals surface area contributed by atoms with E-state index in [1.807, 2.05) is 16.0 Å². The lowest BCUT2D eigenvalue weighted by molar-refractivity contribution is -0.146. The van der Waals surface area contributed by atoms with Crippen molar-refractivity contribution >= 4 is 11.8 Å². The largest absolute Gasteiger partial charge is 0.383 e. The molecule has 3 heterocycles. The zero-order valence-corrected chi connectivity index (χ0v) is 15.0. The third-order valence-electron chi connectivity index (χ3n) is 5.51. The Morgan fingerprint density at radius 1 is 1.40 bits per heavy atom. The topological polar surface area (TPSA) is 78.5 Å². The Labute approximate surface area is 148 Å². The molecule has 0 aromatic carbocycles. The van der Waals surface area contributed by atoms with Crippen LogP contribution < -0.4 is 0 Å². The minimum Gasteiger partial charge on any atom is -0.383 e. The van der Waals surface area contributed by atoms with E-state index in [2.05, 4.69) is 10.2 Å². The van der Waals surface area contributed by atoms with Gasteiger partial charge in [0.25, 0.3) is 0 Å². The van der Waals surface area contributed by atoms with E-state index in [0.717, 1.165) is 44.2 Å². The summed E-state index contributed by atoms with van der Waals surface area (Å²) in [5.74, 6) is 0.381. The number of hydrogen-bond donors (Lipinski definition) is 1. The number of aryl methyl sites for hydroxylation is 1. The molecule has 1 aromatic rings. The molecule has 1 N–H and O–H groups in total. The number of nitrogens with zero attached hydrogens (tertiary/aromatic N) is 3. The number of aromatic nitrogens is 2. The SMILES string of the molecule is COCCN1CCCC2(CCN(C(=O)CCCc3cn[nH]c3)C2)C1=O. The van der Waals surface area contributed by atoms with Crippen LogP contribution in [-0.4, -0.2) is 71.7 Å². The molecule has 7 nitrogen and oxygen atoms in total. The fraction of sp³-hybridized carbons (Fsp3) is 0.722. The zero-order chi connectivity index (χ0) is 17.7. The van der Waals surface area contributed by atoms with Crippen LogP contribution in [0, 0.1) is 5.41 Å². The number of aromatic amines is 1. The van der Waals surface area contributed by atoms with Crippen molar-refractivity contribution in [3.63, 3.8) is 0 Å². The molecule has 1 atom stereocenters. The highest BCUT2D eigenvalue weighted by Crippen LogP contribution is 2.40. The molecule has 25 heavy (non-hydrogen) atoms. The lowest BCUT2D eigenvalue weighted by Gasteiger charge is -2.39. The van der Waals surface area contributed by atoms with E-state index in [1.54, 1.807) is 13.3 Å². The molecule has 138 valence electrons. The second-order valence-corrected chi connectivity index (χ2v) is 7.19. The molecule has 0 radical (unpaired) electrons. The summed E-state index contributed by atoms with van der Waals surface area (Å²) in [6.45, 7) is 3.31. The molecule has 1 spiro atoms. The first kappa shape index (κ1) is 17.9. The number of hydrogen-bond acceptors (Lipinski definition) is 4. The maximum absolute atomic E-state index is 12.9. The molecule has 7 heteroatoms. The third kappa shape index (κ3) is 4.03. The maximum Gasteiger partial charge on any atom is 0.230 e. The number of likely N-dealkylation sites (tertiary alicyclic amines) is 2. The average molecular weight is 348 g/mol. The molecule has 3 rings (SSSR count). The molecule has 2 aliphatic heterocycles. The second kappa shape index (κ2) is 7.99. The summed E-state index contributed by atoms with van der Waals surface area (Å²) in [4.78, 5) is 29.2. The lowest BCUT2D eigenvalue weighted by Crippen LogP contribution is -2.51. The van der Waals surface area contributed by atoms with E-state index >= 15 is 0 Å². The van der Waals surface area contributed by atoms with Gasteiger partial charge >= 0.3 is 0 Å². The first-order valence-electron chi connectivity index (χ1n) is 9.18. The molecule has 1 aromatic heterocycles. The predicted octanol–water partition coefficient (Wildman–Crippen LogP) is 1.22. The fourth-order valence-corrected chi connectivity index (χ4v) is 4.05. The highest BCUT2D eigenvalue weighted by atomic mass is 16.5. The first-order chi connectivity index (χ1) is 12.1. The fourth-order valence-electron chi connectivity index (χ4n) is 4.05. The Hall–Kier alpha value is -1.89. The maximum atomic E-state index is 12.9. The van der Waals surface area contributed by atoms with Crippen LogP contribution in [0.5, 0.6) is 0 Å². The lowest BCUT2D eigenvalue weighted by atomic mass is 9.78. The molecule has 0 aliphatic carbocycles. The van der Waals surface area contributed by atoms with E-state index in [-0.39, 0.29) is 17.2 Å². The average Bonchev–Trinajstić information content (AvgIpc) is 3.27. The van der Waals surface area contributed by atoms with Crippen molar-refractivity contribution in [1.29, 1.82) is 0 Å². The molecule has 0 bridgehead atoms. The summed E-state index contributed by atoms with van der Waals surface area (Å²) < 4.78 is 5.11. The van der Waals surface area contributed by atoms with Crippen molar-refractivity contribution in [2.75, 3.05) is 39.9 Å². The Bertz CT molecular complexity index is 589. The summed E-state index contributed by atoms with van der Waals surface area (Å²) in [5.41, 5.74) is 0.772. The van der Waals surface area contributed by atoms with Gasteiger partial charge in [-0.1, -0.05) is 0 Å². The smallest absolute Gasteiger partial charge is 0.230 e. The number of rotatable bonds is 7. The second-order valence-electron chi connectivity index (χ2n) is 7.19. The molecular weight excluding hydrogens is 320 g/mol. The van der Waals surface area contributed by atoms with Gasteiger partial charge in [0.1, 0.15) is 0 Å². The van der Waals surface area contributed by atoms with Gasteiger partial charge in [-0.2, -0.15) is 5.10 Å². The van der Waals surface area contributed by atoms with E-state index in [9.17, 15) is 9.59 Å². The predicted molar refractivity (Wildman–Crippen MR) is 92.8 cm³/mol. The van der Waals surface area contributed by atoms with Crippen LogP contribution in [0.15, 0.2) is 12.4 Å². The Balaban J connectivity index is 1.51. The van der Waals surface area contributed by atoms with Gasteiger partial charge in [0.2, 0.25) is 11.8 Å². The minimum atomic E-state index is -0.355. The molecule has 1 unspecified atom stereocenters. The Morgan fingerprint density at radius 2 is 2.28 bits per heavy atom. The molecular formula is C18H28N4O3. The van der Waals surface area contributed by atoms with Gasteiger partial charge in [-0.15, -0.1) is 0 Å². The summed E-state index contributed by atoms with van der Waals surface area (Å²) in [7, 11) is 1.66. The third-order valence-corrected chi connectivity index (χ3v) is 5.51. The summed E-state index contributed by atoms with van der Waals surface area (Å²) in [5, 5.41) is 6.71. The van der Waals surface area contributed by atoms with E-state index in [4.69, 9.17) is 4.74 Å². The van der Waals surface area contributed by atoms with Crippen LogP contribution in [0.2, 0.25) is 0 Å². The van der Waals surface area contributed by atoms with Crippen LogP contribution in [-0.2, 0) is 20.7 Å². The highest BCUT2D eigenvalue weighted by Gasteiger charge is 2.49. The van der Waals surface area contributed by atoms with Gasteiger partial charge in [-0.05, 0) is 37.7 Å². The highest BCUT2D eigenvalue weighted by molar-refractivity contribution is 5.86. The number of H-pyrrole nitrogens is 1. The van der Waals surface area contributed by atoms with Crippen molar-refractivity contribution in [3.05, 3.63) is 18.0 Å². The zero-order valence-electron chi connectivity index (χ0n) is 15.0. The van der Waals surface area contributed by atoms with Gasteiger partial charge in [-0.3, -0.25) is 14.7 Å². The minimum absolute atomic E-state index is 0.169. The van der Waals surface area contributed by atoms with Crippen molar-refractivity contribution in [1.82, 2.24) is 20.0 Å². The molecule has 2 fully saturated rings. The van der Waals surface area contributed by atoms with Crippen molar-refractivity contribution in [3.8, 4) is 0 Å². The monoisotopic (exact) mass is 348 g/mol. The molecule has 2 amide bonds. The number of amides is 2. The molecule has 0 saturated carbocycles. The van der Waals surface area contributed by atoms with Gasteiger partial charge in [0, 0.05) is 45.9 Å². The van der Waals surface area contributed by atoms with Crippen LogP contribution in [0.25, 0.3) is 0 Å². The van der Waals surface area contributed by atoms with Crippen molar-refractivity contribution in [2.45, 2.75) is 38.5 Å². The standard InChI is InChI=1S/C18H28N4O3/c1-25-11-10-21-8-3-6-18(17(21)24)7-9-22(14-18)16(23)5-2-4-15-12-19-20-13-15/h12-13H,2-11,14H2,1H3,(H,19,20). The van der Waals surface area contributed by atoms with E-state index in [1.165, 1.54) is 0 Å². The molecule has 2 aliphatic rings. The van der Waals surface area contributed by atoms with Gasteiger partial charge in [-0.25, -0.2) is 0 Å². The van der Waals surface area contributed by atoms with Crippen molar-refractivity contribution < 1.29 is 14.3 Å². The normalized spacial score (nSPS) is 23.6. The van der Waals surface area contributed by atoms with Crippen LogP contribution in [0.3, 0.4) is 0 Å². The van der Waals surface area contributed by atoms with Crippen LogP contribution in [0.4, 0.5) is 0 Å². The summed E-state index contributed by atoms with van der Waals surface area (Å²) in [6, 6.07) is 0. The van der Waals surface area contributed by atoms with E-state index in [0.29, 0.717) is 32.7 Å². The van der Waals surface area contributed by atoms with Gasteiger partial charge < -0.3 is 14.5 Å². The Kier molecular flexibility index (Phi) is 5.73. The van der Waals surface area contributed by atoms with Crippen LogP contribution in [0.1, 0.15) is 37.7 Å². The number of carbonyl (C=O) groups is 2. The summed E-state index contributed by atoms with van der Waals surface area (Å²) in [6.07, 6.45) is 8.56. The van der Waals surface area contributed by atoms with Crippen LogP contribution >= 0.6 is 0 Å². The number of ether oxygens (including phenoxy) is 1.